The Morgan fingerprint density at radius 3 is 2.06 bits per heavy atom. The zero-order valence-corrected chi connectivity index (χ0v) is 18.3. The van der Waals surface area contributed by atoms with Gasteiger partial charge in [-0.25, -0.2) is 0 Å². The molecule has 0 atom stereocenters. The van der Waals surface area contributed by atoms with Crippen molar-refractivity contribution in [3.63, 3.8) is 0 Å². The quantitative estimate of drug-likeness (QED) is 0.666. The van der Waals surface area contributed by atoms with E-state index < -0.39 is 0 Å². The molecule has 7 nitrogen and oxygen atoms in total. The molecule has 1 heterocycles. The molecule has 0 saturated carbocycles. The third-order valence-corrected chi connectivity index (χ3v) is 5.41. The highest BCUT2D eigenvalue weighted by atomic mass is 16.2. The summed E-state index contributed by atoms with van der Waals surface area (Å²) < 4.78 is 0. The molecular weight excluding hydrogens is 392 g/mol. The summed E-state index contributed by atoms with van der Waals surface area (Å²) in [5.74, 6) is -0.698. The van der Waals surface area contributed by atoms with Crippen LogP contribution in [-0.4, -0.2) is 41.8 Å². The molecule has 1 aliphatic rings. The molecule has 2 aromatic carbocycles. The second-order valence-electron chi connectivity index (χ2n) is 8.11. The van der Waals surface area contributed by atoms with Gasteiger partial charge in [0.25, 0.3) is 5.91 Å². The summed E-state index contributed by atoms with van der Waals surface area (Å²) in [6, 6.07) is 13.4. The Bertz CT molecular complexity index is 931. The van der Waals surface area contributed by atoms with E-state index in [9.17, 15) is 14.4 Å². The van der Waals surface area contributed by atoms with Crippen LogP contribution in [0.1, 0.15) is 48.2 Å². The highest BCUT2D eigenvalue weighted by molar-refractivity contribution is 6.00. The average Bonchev–Trinajstić information content (AvgIpc) is 2.70. The first-order valence-corrected chi connectivity index (χ1v) is 10.6. The number of aryl methyl sites for hydroxylation is 1. The van der Waals surface area contributed by atoms with Crippen LogP contribution in [0.3, 0.4) is 0 Å². The second kappa shape index (κ2) is 10.2. The number of carbonyl (C=O) groups excluding carboxylic acids is 3. The van der Waals surface area contributed by atoms with Crippen molar-refractivity contribution in [1.29, 1.82) is 0 Å². The summed E-state index contributed by atoms with van der Waals surface area (Å²) in [7, 11) is 0. The lowest BCUT2D eigenvalue weighted by Crippen LogP contribution is -2.44. The maximum atomic E-state index is 12.9. The van der Waals surface area contributed by atoms with Crippen LogP contribution in [0.4, 0.5) is 11.4 Å². The largest absolute Gasteiger partial charge is 0.349 e. The van der Waals surface area contributed by atoms with Gasteiger partial charge in [-0.2, -0.15) is 0 Å². The first-order chi connectivity index (χ1) is 14.8. The van der Waals surface area contributed by atoms with Crippen molar-refractivity contribution >= 4 is 29.1 Å². The van der Waals surface area contributed by atoms with Crippen molar-refractivity contribution in [3.05, 3.63) is 59.2 Å². The molecule has 0 bridgehead atoms. The molecule has 7 heteroatoms. The first kappa shape index (κ1) is 22.5. The van der Waals surface area contributed by atoms with Crippen LogP contribution in [-0.2, 0) is 16.1 Å². The van der Waals surface area contributed by atoms with E-state index in [-0.39, 0.29) is 23.8 Å². The van der Waals surface area contributed by atoms with Crippen LogP contribution in [0.25, 0.3) is 0 Å². The van der Waals surface area contributed by atoms with Gasteiger partial charge in [0.15, 0.2) is 0 Å². The normalized spacial score (nSPS) is 14.7. The van der Waals surface area contributed by atoms with E-state index in [0.717, 1.165) is 32.5 Å². The van der Waals surface area contributed by atoms with Crippen LogP contribution in [0.2, 0.25) is 0 Å². The fraction of sp³-hybridized carbons (Fsp3) is 0.375. The Hall–Kier alpha value is -3.19. The van der Waals surface area contributed by atoms with E-state index in [1.807, 2.05) is 0 Å². The monoisotopic (exact) mass is 422 g/mol. The van der Waals surface area contributed by atoms with E-state index >= 15 is 0 Å². The summed E-state index contributed by atoms with van der Waals surface area (Å²) in [4.78, 5) is 38.1. The molecule has 3 rings (SSSR count). The first-order valence-electron chi connectivity index (χ1n) is 10.6. The Kier molecular flexibility index (Phi) is 7.41. The van der Waals surface area contributed by atoms with E-state index in [4.69, 9.17) is 0 Å². The lowest BCUT2D eigenvalue weighted by atomic mass is 10.0. The van der Waals surface area contributed by atoms with Gasteiger partial charge in [-0.3, -0.25) is 19.3 Å². The molecule has 1 aliphatic heterocycles. The topological polar surface area (TPSA) is 90.5 Å². The summed E-state index contributed by atoms with van der Waals surface area (Å²) in [6.45, 7) is 7.69. The molecule has 3 amide bonds. The summed E-state index contributed by atoms with van der Waals surface area (Å²) in [6.07, 6.45) is 1.75. The molecule has 31 heavy (non-hydrogen) atoms. The Morgan fingerprint density at radius 1 is 0.935 bits per heavy atom. The number of benzene rings is 2. The van der Waals surface area contributed by atoms with Crippen LogP contribution in [0.5, 0.6) is 0 Å². The fourth-order valence-corrected chi connectivity index (χ4v) is 3.84. The number of nitrogens with one attached hydrogen (secondary N) is 3. The molecule has 0 spiro atoms. The van der Waals surface area contributed by atoms with Gasteiger partial charge in [-0.05, 0) is 49.1 Å². The highest BCUT2D eigenvalue weighted by Crippen LogP contribution is 2.21. The van der Waals surface area contributed by atoms with Crippen molar-refractivity contribution in [2.75, 3.05) is 23.7 Å². The number of likely N-dealkylation sites (tertiary alicyclic amines) is 1. The molecule has 0 aromatic heterocycles. The number of hydrogen-bond donors (Lipinski definition) is 3. The third kappa shape index (κ3) is 6.65. The SMILES string of the molecule is CC(=O)Nc1cc(NC(C)=O)cc(C(=O)NC2CCN(Cc3ccccc3C)CC2)c1. The second-order valence-corrected chi connectivity index (χ2v) is 8.11. The maximum Gasteiger partial charge on any atom is 0.251 e. The molecule has 1 saturated heterocycles. The number of amides is 3. The molecule has 0 unspecified atom stereocenters. The Labute approximate surface area is 183 Å². The molecule has 0 aliphatic carbocycles. The average molecular weight is 423 g/mol. The molecular formula is C24H30N4O3. The maximum absolute atomic E-state index is 12.9. The van der Waals surface area contributed by atoms with Crippen molar-refractivity contribution in [2.24, 2.45) is 0 Å². The molecule has 3 N–H and O–H groups in total. The van der Waals surface area contributed by atoms with E-state index in [1.165, 1.54) is 25.0 Å². The van der Waals surface area contributed by atoms with Crippen LogP contribution in [0, 0.1) is 6.92 Å². The van der Waals surface area contributed by atoms with Gasteiger partial charge >= 0.3 is 0 Å². The lowest BCUT2D eigenvalue weighted by molar-refractivity contribution is -0.115. The number of nitrogens with zero attached hydrogens (tertiary/aromatic N) is 1. The smallest absolute Gasteiger partial charge is 0.251 e. The van der Waals surface area contributed by atoms with Crippen molar-refractivity contribution < 1.29 is 14.4 Å². The Morgan fingerprint density at radius 2 is 1.52 bits per heavy atom. The molecule has 0 radical (unpaired) electrons. The zero-order valence-electron chi connectivity index (χ0n) is 18.3. The number of piperidine rings is 1. The van der Waals surface area contributed by atoms with Crippen LogP contribution >= 0.6 is 0 Å². The van der Waals surface area contributed by atoms with Gasteiger partial charge in [0.2, 0.25) is 11.8 Å². The predicted molar refractivity (Wildman–Crippen MR) is 122 cm³/mol. The van der Waals surface area contributed by atoms with Gasteiger partial charge in [-0.15, -0.1) is 0 Å². The molecule has 164 valence electrons. The summed E-state index contributed by atoms with van der Waals surface area (Å²) in [5, 5.41) is 8.45. The van der Waals surface area contributed by atoms with Crippen molar-refractivity contribution in [1.82, 2.24) is 10.2 Å². The summed E-state index contributed by atoms with van der Waals surface area (Å²) in [5.41, 5.74) is 3.98. The van der Waals surface area contributed by atoms with Crippen LogP contribution in [0.15, 0.2) is 42.5 Å². The van der Waals surface area contributed by atoms with Gasteiger partial charge in [0.1, 0.15) is 0 Å². The van der Waals surface area contributed by atoms with Gasteiger partial charge in [0, 0.05) is 56.5 Å². The molecule has 2 aromatic rings. The Balaban J connectivity index is 1.60. The highest BCUT2D eigenvalue weighted by Gasteiger charge is 2.22. The predicted octanol–water partition coefficient (Wildman–Crippen LogP) is 3.31. The molecule has 1 fully saturated rings. The number of hydrogen-bond acceptors (Lipinski definition) is 4. The van der Waals surface area contributed by atoms with Crippen molar-refractivity contribution in [2.45, 2.75) is 46.2 Å². The lowest BCUT2D eigenvalue weighted by Gasteiger charge is -2.32. The van der Waals surface area contributed by atoms with Gasteiger partial charge in [-0.1, -0.05) is 24.3 Å². The van der Waals surface area contributed by atoms with E-state index in [1.54, 1.807) is 18.2 Å². The minimum atomic E-state index is -0.243. The van der Waals surface area contributed by atoms with Crippen LogP contribution < -0.4 is 16.0 Å². The van der Waals surface area contributed by atoms with E-state index in [0.29, 0.717) is 16.9 Å². The fourth-order valence-electron chi connectivity index (χ4n) is 3.84. The standard InChI is InChI=1S/C24H30N4O3/c1-16-6-4-5-7-19(16)15-28-10-8-21(9-11-28)27-24(31)20-12-22(25-17(2)29)14-23(13-20)26-18(3)30/h4-7,12-14,21H,8-11,15H2,1-3H3,(H,25,29)(H,26,30)(H,27,31). The zero-order chi connectivity index (χ0) is 22.4. The number of carbonyl (C=O) groups is 3. The minimum Gasteiger partial charge on any atom is -0.349 e. The number of rotatable bonds is 6. The van der Waals surface area contributed by atoms with E-state index in [2.05, 4.69) is 52.0 Å². The third-order valence-electron chi connectivity index (χ3n) is 5.41. The summed E-state index contributed by atoms with van der Waals surface area (Å²) >= 11 is 0. The minimum absolute atomic E-state index is 0.0919. The number of anilines is 2. The van der Waals surface area contributed by atoms with Gasteiger partial charge in [0.05, 0.1) is 0 Å². The van der Waals surface area contributed by atoms with Gasteiger partial charge < -0.3 is 16.0 Å². The van der Waals surface area contributed by atoms with Crippen molar-refractivity contribution in [3.8, 4) is 0 Å².